The van der Waals surface area contributed by atoms with Crippen molar-refractivity contribution in [2.45, 2.75) is 6.36 Å². The summed E-state index contributed by atoms with van der Waals surface area (Å²) in [5.74, 6) is -0.370. The Morgan fingerprint density at radius 1 is 1.05 bits per heavy atom. The maximum absolute atomic E-state index is 12.4. The van der Waals surface area contributed by atoms with Gasteiger partial charge in [-0.3, -0.25) is 4.79 Å². The number of benzene rings is 2. The van der Waals surface area contributed by atoms with E-state index in [1.165, 1.54) is 12.1 Å². The molecule has 0 N–H and O–H groups in total. The van der Waals surface area contributed by atoms with E-state index in [1.54, 1.807) is 24.3 Å². The van der Waals surface area contributed by atoms with E-state index in [-0.39, 0.29) is 16.9 Å². The van der Waals surface area contributed by atoms with Gasteiger partial charge in [-0.1, -0.05) is 23.7 Å². The molecule has 0 aromatic heterocycles. The molecule has 0 atom stereocenters. The minimum atomic E-state index is -4.80. The molecule has 0 radical (unpaired) electrons. The summed E-state index contributed by atoms with van der Waals surface area (Å²) in [4.78, 5) is 10.8. The Morgan fingerprint density at radius 3 is 2.25 bits per heavy atom. The van der Waals surface area contributed by atoms with Gasteiger partial charge in [0, 0.05) is 16.1 Å². The number of rotatable bonds is 3. The molecule has 2 aromatic carbocycles. The second-order valence-electron chi connectivity index (χ2n) is 3.93. The van der Waals surface area contributed by atoms with Gasteiger partial charge in [0.15, 0.2) is 0 Å². The molecule has 0 aliphatic carbocycles. The molecule has 2 rings (SSSR count). The molecule has 2 nitrogen and oxygen atoms in total. The Bertz CT molecular complexity index is 621. The molecule has 0 saturated heterocycles. The Kier molecular flexibility index (Phi) is 3.99. The largest absolute Gasteiger partial charge is 0.573 e. The summed E-state index contributed by atoms with van der Waals surface area (Å²) >= 11 is 5.74. The van der Waals surface area contributed by atoms with E-state index in [0.29, 0.717) is 16.9 Å². The standard InChI is InChI=1S/C14H8ClF3O2/c15-11-4-2-10(3-5-11)12-7-9(8-19)1-6-13(12)20-14(16,17)18/h1-8H. The van der Waals surface area contributed by atoms with Crippen LogP contribution in [-0.2, 0) is 0 Å². The fourth-order valence-electron chi connectivity index (χ4n) is 1.69. The predicted molar refractivity (Wildman–Crippen MR) is 69.0 cm³/mol. The lowest BCUT2D eigenvalue weighted by Gasteiger charge is -2.14. The lowest BCUT2D eigenvalue weighted by Crippen LogP contribution is -2.17. The van der Waals surface area contributed by atoms with Gasteiger partial charge in [0.05, 0.1) is 0 Å². The van der Waals surface area contributed by atoms with E-state index >= 15 is 0 Å². The van der Waals surface area contributed by atoms with Crippen LogP contribution in [-0.4, -0.2) is 12.6 Å². The van der Waals surface area contributed by atoms with E-state index in [9.17, 15) is 18.0 Å². The van der Waals surface area contributed by atoms with Gasteiger partial charge in [-0.2, -0.15) is 0 Å². The molecule has 104 valence electrons. The molecule has 0 bridgehead atoms. The average molecular weight is 301 g/mol. The Labute approximate surface area is 117 Å². The minimum Gasteiger partial charge on any atom is -0.405 e. The first-order chi connectivity index (χ1) is 9.39. The van der Waals surface area contributed by atoms with Crippen LogP contribution in [0.4, 0.5) is 13.2 Å². The van der Waals surface area contributed by atoms with Gasteiger partial charge >= 0.3 is 6.36 Å². The van der Waals surface area contributed by atoms with Gasteiger partial charge in [0.2, 0.25) is 0 Å². The minimum absolute atomic E-state index is 0.170. The van der Waals surface area contributed by atoms with Crippen LogP contribution in [0.5, 0.6) is 5.75 Å². The zero-order chi connectivity index (χ0) is 14.8. The van der Waals surface area contributed by atoms with Gasteiger partial charge < -0.3 is 4.74 Å². The lowest BCUT2D eigenvalue weighted by molar-refractivity contribution is -0.274. The summed E-state index contributed by atoms with van der Waals surface area (Å²) in [6, 6.07) is 9.89. The van der Waals surface area contributed by atoms with Crippen LogP contribution in [0, 0.1) is 0 Å². The second kappa shape index (κ2) is 5.54. The topological polar surface area (TPSA) is 26.3 Å². The van der Waals surface area contributed by atoms with Gasteiger partial charge in [-0.25, -0.2) is 0 Å². The highest BCUT2D eigenvalue weighted by Crippen LogP contribution is 2.34. The highest BCUT2D eigenvalue weighted by Gasteiger charge is 2.32. The molecule has 2 aromatic rings. The van der Waals surface area contributed by atoms with E-state index in [2.05, 4.69) is 4.74 Å². The SMILES string of the molecule is O=Cc1ccc(OC(F)(F)F)c(-c2ccc(Cl)cc2)c1. The normalized spacial score (nSPS) is 11.2. The smallest absolute Gasteiger partial charge is 0.405 e. The number of hydrogen-bond donors (Lipinski definition) is 0. The summed E-state index contributed by atoms with van der Waals surface area (Å²) in [5.41, 5.74) is 0.894. The molecule has 0 aliphatic heterocycles. The number of halogens is 4. The van der Waals surface area contributed by atoms with Crippen molar-refractivity contribution in [1.82, 2.24) is 0 Å². The van der Waals surface area contributed by atoms with Crippen LogP contribution in [0.2, 0.25) is 5.02 Å². The second-order valence-corrected chi connectivity index (χ2v) is 4.36. The zero-order valence-corrected chi connectivity index (χ0v) is 10.7. The molecular weight excluding hydrogens is 293 g/mol. The van der Waals surface area contributed by atoms with Gasteiger partial charge in [0.1, 0.15) is 12.0 Å². The Hall–Kier alpha value is -2.01. The van der Waals surface area contributed by atoms with Crippen molar-refractivity contribution in [2.75, 3.05) is 0 Å². The lowest BCUT2D eigenvalue weighted by atomic mass is 10.0. The first-order valence-electron chi connectivity index (χ1n) is 5.50. The number of hydrogen-bond acceptors (Lipinski definition) is 2. The van der Waals surface area contributed by atoms with Crippen molar-refractivity contribution < 1.29 is 22.7 Å². The maximum Gasteiger partial charge on any atom is 0.573 e. The Morgan fingerprint density at radius 2 is 1.70 bits per heavy atom. The Balaban J connectivity index is 2.52. The third-order valence-corrected chi connectivity index (χ3v) is 2.77. The first kappa shape index (κ1) is 14.4. The van der Waals surface area contributed by atoms with Crippen LogP contribution in [0.1, 0.15) is 10.4 Å². The van der Waals surface area contributed by atoms with Gasteiger partial charge in [0.25, 0.3) is 0 Å². The van der Waals surface area contributed by atoms with Crippen LogP contribution in [0.3, 0.4) is 0 Å². The van der Waals surface area contributed by atoms with Crippen molar-refractivity contribution in [1.29, 1.82) is 0 Å². The predicted octanol–water partition coefficient (Wildman–Crippen LogP) is 4.72. The molecule has 0 amide bonds. The first-order valence-corrected chi connectivity index (χ1v) is 5.88. The molecule has 0 heterocycles. The van der Waals surface area contributed by atoms with Crippen molar-refractivity contribution in [3.8, 4) is 16.9 Å². The fraction of sp³-hybridized carbons (Fsp3) is 0.0714. The van der Waals surface area contributed by atoms with Crippen LogP contribution >= 0.6 is 11.6 Å². The molecule has 6 heteroatoms. The van der Waals surface area contributed by atoms with E-state index in [4.69, 9.17) is 11.6 Å². The van der Waals surface area contributed by atoms with Crippen molar-refractivity contribution in [3.63, 3.8) is 0 Å². The van der Waals surface area contributed by atoms with Crippen LogP contribution in [0.25, 0.3) is 11.1 Å². The van der Waals surface area contributed by atoms with E-state index < -0.39 is 6.36 Å². The summed E-state index contributed by atoms with van der Waals surface area (Å²) in [7, 11) is 0. The molecule has 0 fully saturated rings. The maximum atomic E-state index is 12.4. The number of aldehydes is 1. The third-order valence-electron chi connectivity index (χ3n) is 2.52. The number of carbonyl (C=O) groups is 1. The van der Waals surface area contributed by atoms with Crippen molar-refractivity contribution >= 4 is 17.9 Å². The molecule has 0 aliphatic rings. The quantitative estimate of drug-likeness (QED) is 0.767. The van der Waals surface area contributed by atoms with E-state index in [1.807, 2.05) is 0 Å². The van der Waals surface area contributed by atoms with Gasteiger partial charge in [-0.05, 0) is 35.9 Å². The molecule has 20 heavy (non-hydrogen) atoms. The summed E-state index contributed by atoms with van der Waals surface area (Å²) in [5, 5.41) is 0.457. The summed E-state index contributed by atoms with van der Waals surface area (Å²) < 4.78 is 41.1. The molecule has 0 saturated carbocycles. The van der Waals surface area contributed by atoms with Gasteiger partial charge in [-0.15, -0.1) is 13.2 Å². The molecular formula is C14H8ClF3O2. The molecule has 0 unspecified atom stereocenters. The average Bonchev–Trinajstić information content (AvgIpc) is 2.38. The highest BCUT2D eigenvalue weighted by molar-refractivity contribution is 6.30. The van der Waals surface area contributed by atoms with Crippen LogP contribution < -0.4 is 4.74 Å². The summed E-state index contributed by atoms with van der Waals surface area (Å²) in [6.07, 6.45) is -4.25. The molecule has 0 spiro atoms. The van der Waals surface area contributed by atoms with Crippen molar-refractivity contribution in [2.24, 2.45) is 0 Å². The zero-order valence-electron chi connectivity index (χ0n) is 9.95. The van der Waals surface area contributed by atoms with Crippen LogP contribution in [0.15, 0.2) is 42.5 Å². The fourth-order valence-corrected chi connectivity index (χ4v) is 1.82. The number of ether oxygens (including phenoxy) is 1. The van der Waals surface area contributed by atoms with E-state index in [0.717, 1.165) is 6.07 Å². The third kappa shape index (κ3) is 3.51. The number of alkyl halides is 3. The number of carbonyl (C=O) groups excluding carboxylic acids is 1. The van der Waals surface area contributed by atoms with Crippen molar-refractivity contribution in [3.05, 3.63) is 53.1 Å². The monoisotopic (exact) mass is 300 g/mol. The highest BCUT2D eigenvalue weighted by atomic mass is 35.5. The summed E-state index contributed by atoms with van der Waals surface area (Å²) in [6.45, 7) is 0.